The van der Waals surface area contributed by atoms with Gasteiger partial charge in [-0.1, -0.05) is 0 Å². The lowest BCUT2D eigenvalue weighted by atomic mass is 10.3. The number of carbonyl (C=O) groups is 1. The number of hydrogen-bond acceptors (Lipinski definition) is 6. The minimum Gasteiger partial charge on any atom is -0.490 e. The first-order chi connectivity index (χ1) is 8.10. The number of rotatable bonds is 5. The number of nitrogens with zero attached hydrogens (tertiary/aromatic N) is 3. The van der Waals surface area contributed by atoms with Gasteiger partial charge in [0.25, 0.3) is 0 Å². The Morgan fingerprint density at radius 3 is 2.88 bits per heavy atom. The molecule has 17 heavy (non-hydrogen) atoms. The molecule has 0 fully saturated rings. The Morgan fingerprint density at radius 1 is 1.59 bits per heavy atom. The highest BCUT2D eigenvalue weighted by Gasteiger charge is 2.14. The van der Waals surface area contributed by atoms with E-state index in [1.54, 1.807) is 11.9 Å². The van der Waals surface area contributed by atoms with Crippen LogP contribution in [0.25, 0.3) is 0 Å². The minimum absolute atomic E-state index is 0.0298. The summed E-state index contributed by atoms with van der Waals surface area (Å²) < 4.78 is 5.14. The number of nitrogens with one attached hydrogen (secondary N) is 1. The van der Waals surface area contributed by atoms with Gasteiger partial charge in [0.15, 0.2) is 11.6 Å². The second-order valence-electron chi connectivity index (χ2n) is 3.46. The molecule has 0 spiro atoms. The molecule has 0 saturated heterocycles. The zero-order chi connectivity index (χ0) is 12.8. The smallest absolute Gasteiger partial charge is 0.221 e. The predicted molar refractivity (Wildman–Crippen MR) is 65.0 cm³/mol. The van der Waals surface area contributed by atoms with Crippen molar-refractivity contribution >= 4 is 17.5 Å². The van der Waals surface area contributed by atoms with Crippen molar-refractivity contribution in [2.45, 2.75) is 6.42 Å². The fourth-order valence-corrected chi connectivity index (χ4v) is 1.35. The average molecular weight is 239 g/mol. The normalized spacial score (nSPS) is 9.82. The van der Waals surface area contributed by atoms with Crippen molar-refractivity contribution in [1.82, 2.24) is 15.3 Å². The van der Waals surface area contributed by atoms with Crippen molar-refractivity contribution < 1.29 is 9.53 Å². The van der Waals surface area contributed by atoms with Gasteiger partial charge in [0.05, 0.1) is 7.11 Å². The van der Waals surface area contributed by atoms with Crippen LogP contribution < -0.4 is 20.7 Å². The predicted octanol–water partition coefficient (Wildman–Crippen LogP) is -0.360. The molecule has 0 bridgehead atoms. The summed E-state index contributed by atoms with van der Waals surface area (Å²) in [4.78, 5) is 20.9. The second-order valence-corrected chi connectivity index (χ2v) is 3.46. The summed E-state index contributed by atoms with van der Waals surface area (Å²) in [5, 5.41) is 2.56. The fourth-order valence-electron chi connectivity index (χ4n) is 1.35. The Hall–Kier alpha value is -2.05. The number of nitrogens with two attached hydrogens (primary N) is 1. The van der Waals surface area contributed by atoms with Gasteiger partial charge in [0, 0.05) is 27.1 Å². The summed E-state index contributed by atoms with van der Waals surface area (Å²) in [5.74, 6) is 1.25. The van der Waals surface area contributed by atoms with E-state index in [0.717, 1.165) is 0 Å². The number of methoxy groups -OCH3 is 1. The maximum absolute atomic E-state index is 11.1. The van der Waals surface area contributed by atoms with Crippen LogP contribution >= 0.6 is 0 Å². The summed E-state index contributed by atoms with van der Waals surface area (Å²) in [5.41, 5.74) is 5.67. The van der Waals surface area contributed by atoms with Crippen molar-refractivity contribution in [3.63, 3.8) is 0 Å². The molecule has 1 aromatic heterocycles. The highest BCUT2D eigenvalue weighted by atomic mass is 16.5. The monoisotopic (exact) mass is 239 g/mol. The quantitative estimate of drug-likeness (QED) is 0.729. The number of ether oxygens (including phenoxy) is 1. The molecule has 7 heteroatoms. The highest BCUT2D eigenvalue weighted by molar-refractivity contribution is 5.76. The van der Waals surface area contributed by atoms with Gasteiger partial charge in [-0.2, -0.15) is 0 Å². The lowest BCUT2D eigenvalue weighted by molar-refractivity contribution is -0.120. The summed E-state index contributed by atoms with van der Waals surface area (Å²) in [6.45, 7) is 0.520. The van der Waals surface area contributed by atoms with Crippen LogP contribution in [0.15, 0.2) is 6.33 Å². The first-order valence-corrected chi connectivity index (χ1v) is 5.16. The van der Waals surface area contributed by atoms with E-state index in [0.29, 0.717) is 24.5 Å². The molecule has 7 nitrogen and oxygen atoms in total. The van der Waals surface area contributed by atoms with Gasteiger partial charge in [-0.3, -0.25) is 4.79 Å². The van der Waals surface area contributed by atoms with E-state index in [4.69, 9.17) is 10.5 Å². The Labute approximate surface area is 100.0 Å². The molecule has 1 aromatic rings. The Kier molecular flexibility index (Phi) is 4.50. The van der Waals surface area contributed by atoms with E-state index < -0.39 is 0 Å². The summed E-state index contributed by atoms with van der Waals surface area (Å²) in [7, 11) is 4.92. The first-order valence-electron chi connectivity index (χ1n) is 5.16. The third-order valence-electron chi connectivity index (χ3n) is 2.33. The van der Waals surface area contributed by atoms with Crippen LogP contribution in [-0.2, 0) is 4.79 Å². The first kappa shape index (κ1) is 13.0. The van der Waals surface area contributed by atoms with Crippen molar-refractivity contribution in [2.75, 3.05) is 38.4 Å². The molecular formula is C10H17N5O2. The molecule has 0 saturated carbocycles. The third-order valence-corrected chi connectivity index (χ3v) is 2.33. The van der Waals surface area contributed by atoms with Crippen LogP contribution in [0, 0.1) is 0 Å². The molecule has 0 unspecified atom stereocenters. The van der Waals surface area contributed by atoms with Gasteiger partial charge < -0.3 is 20.7 Å². The van der Waals surface area contributed by atoms with Gasteiger partial charge in [-0.05, 0) is 0 Å². The minimum atomic E-state index is -0.0298. The number of anilines is 2. The van der Waals surface area contributed by atoms with Gasteiger partial charge >= 0.3 is 0 Å². The lowest BCUT2D eigenvalue weighted by Crippen LogP contribution is -2.27. The molecule has 1 rings (SSSR count). The van der Waals surface area contributed by atoms with Crippen LogP contribution in [0.5, 0.6) is 5.75 Å². The van der Waals surface area contributed by atoms with Gasteiger partial charge in [-0.25, -0.2) is 9.97 Å². The standard InChI is InChI=1S/C10H17N5O2/c1-12-7(16)4-5-15(2)10-8(17-3)9(11)13-6-14-10/h6H,4-5H2,1-3H3,(H,12,16)(H2,11,13,14). The maximum atomic E-state index is 11.1. The van der Waals surface area contributed by atoms with E-state index in [9.17, 15) is 4.79 Å². The molecule has 0 aliphatic carbocycles. The van der Waals surface area contributed by atoms with Crippen LogP contribution in [-0.4, -0.2) is 43.6 Å². The van der Waals surface area contributed by atoms with Crippen LogP contribution in [0.2, 0.25) is 0 Å². The number of amides is 1. The molecule has 0 radical (unpaired) electrons. The molecule has 1 amide bonds. The topological polar surface area (TPSA) is 93.4 Å². The van der Waals surface area contributed by atoms with Crippen LogP contribution in [0.3, 0.4) is 0 Å². The average Bonchev–Trinajstić information content (AvgIpc) is 2.35. The number of hydrogen-bond donors (Lipinski definition) is 2. The van der Waals surface area contributed by atoms with Crippen LogP contribution in [0.1, 0.15) is 6.42 Å². The van der Waals surface area contributed by atoms with Gasteiger partial charge in [0.1, 0.15) is 6.33 Å². The van der Waals surface area contributed by atoms with E-state index in [-0.39, 0.29) is 11.7 Å². The Bertz CT molecular complexity index is 396. The Morgan fingerprint density at radius 2 is 2.29 bits per heavy atom. The molecule has 0 aliphatic rings. The zero-order valence-corrected chi connectivity index (χ0v) is 10.2. The molecule has 3 N–H and O–H groups in total. The molecule has 1 heterocycles. The highest BCUT2D eigenvalue weighted by Crippen LogP contribution is 2.28. The van der Waals surface area contributed by atoms with E-state index >= 15 is 0 Å². The van der Waals surface area contributed by atoms with Crippen molar-refractivity contribution in [3.05, 3.63) is 6.33 Å². The van der Waals surface area contributed by atoms with Crippen molar-refractivity contribution in [2.24, 2.45) is 0 Å². The molecule has 0 atom stereocenters. The second kappa shape index (κ2) is 5.88. The van der Waals surface area contributed by atoms with E-state index in [1.807, 2.05) is 7.05 Å². The zero-order valence-electron chi connectivity index (χ0n) is 10.2. The lowest BCUT2D eigenvalue weighted by Gasteiger charge is -2.20. The van der Waals surface area contributed by atoms with E-state index in [2.05, 4.69) is 15.3 Å². The Balaban J connectivity index is 2.78. The van der Waals surface area contributed by atoms with Gasteiger partial charge in [-0.15, -0.1) is 0 Å². The van der Waals surface area contributed by atoms with E-state index in [1.165, 1.54) is 13.4 Å². The summed E-state index contributed by atoms with van der Waals surface area (Å²) >= 11 is 0. The summed E-state index contributed by atoms with van der Waals surface area (Å²) in [6.07, 6.45) is 1.74. The molecule has 0 aliphatic heterocycles. The van der Waals surface area contributed by atoms with Gasteiger partial charge in [0.2, 0.25) is 11.7 Å². The largest absolute Gasteiger partial charge is 0.490 e. The number of carbonyl (C=O) groups excluding carboxylic acids is 1. The molecular weight excluding hydrogens is 222 g/mol. The van der Waals surface area contributed by atoms with Crippen molar-refractivity contribution in [1.29, 1.82) is 0 Å². The number of aromatic nitrogens is 2. The summed E-state index contributed by atoms with van der Waals surface area (Å²) in [6, 6.07) is 0. The third kappa shape index (κ3) is 3.20. The fraction of sp³-hybridized carbons (Fsp3) is 0.500. The molecule has 94 valence electrons. The van der Waals surface area contributed by atoms with Crippen molar-refractivity contribution in [3.8, 4) is 5.75 Å². The maximum Gasteiger partial charge on any atom is 0.221 e. The van der Waals surface area contributed by atoms with Crippen LogP contribution in [0.4, 0.5) is 11.6 Å². The molecule has 0 aromatic carbocycles. The SMILES string of the molecule is CNC(=O)CCN(C)c1ncnc(N)c1OC. The number of nitrogen functional groups attached to an aromatic ring is 1.